The van der Waals surface area contributed by atoms with E-state index in [1.54, 1.807) is 17.3 Å². The fourth-order valence-corrected chi connectivity index (χ4v) is 5.60. The minimum Gasteiger partial charge on any atom is -0.313 e. The van der Waals surface area contributed by atoms with Crippen LogP contribution in [0.3, 0.4) is 0 Å². The van der Waals surface area contributed by atoms with Crippen molar-refractivity contribution in [2.75, 3.05) is 19.6 Å². The third-order valence-electron chi connectivity index (χ3n) is 3.59. The SMILES string of the molecule is Cc1ncc(S(=O)(=O)N2CCNCC2c2cccc(Cl)c2)s1.Cl. The number of thiazole rings is 1. The van der Waals surface area contributed by atoms with Crippen LogP contribution < -0.4 is 5.32 Å². The highest BCUT2D eigenvalue weighted by atomic mass is 35.5. The van der Waals surface area contributed by atoms with Crippen LogP contribution in [0.15, 0.2) is 34.7 Å². The summed E-state index contributed by atoms with van der Waals surface area (Å²) in [4.78, 5) is 4.07. The predicted molar refractivity (Wildman–Crippen MR) is 95.1 cm³/mol. The van der Waals surface area contributed by atoms with E-state index in [1.807, 2.05) is 18.2 Å². The van der Waals surface area contributed by atoms with Gasteiger partial charge >= 0.3 is 0 Å². The maximum atomic E-state index is 12.9. The summed E-state index contributed by atoms with van der Waals surface area (Å²) in [7, 11) is -3.55. The molecule has 0 aliphatic carbocycles. The second-order valence-corrected chi connectivity index (χ2v) is 8.88. The molecule has 1 aromatic heterocycles. The molecule has 1 N–H and O–H groups in total. The fraction of sp³-hybridized carbons (Fsp3) is 0.357. The lowest BCUT2D eigenvalue weighted by Crippen LogP contribution is -2.48. The molecule has 1 saturated heterocycles. The maximum Gasteiger partial charge on any atom is 0.254 e. The summed E-state index contributed by atoms with van der Waals surface area (Å²) in [5, 5.41) is 4.60. The van der Waals surface area contributed by atoms with E-state index in [2.05, 4.69) is 10.3 Å². The van der Waals surface area contributed by atoms with Gasteiger partial charge in [-0.05, 0) is 24.6 Å². The highest BCUT2D eigenvalue weighted by Gasteiger charge is 2.35. The van der Waals surface area contributed by atoms with Crippen LogP contribution in [0.2, 0.25) is 5.02 Å². The average Bonchev–Trinajstić information content (AvgIpc) is 2.95. The zero-order chi connectivity index (χ0) is 15.7. The molecule has 2 heterocycles. The molecule has 3 rings (SSSR count). The van der Waals surface area contributed by atoms with Crippen LogP contribution in [0.4, 0.5) is 0 Å². The first-order chi connectivity index (χ1) is 10.5. The lowest BCUT2D eigenvalue weighted by Gasteiger charge is -2.35. The molecule has 0 bridgehead atoms. The predicted octanol–water partition coefficient (Wildman–Crippen LogP) is 2.86. The molecule has 0 saturated carbocycles. The molecule has 2 aromatic rings. The van der Waals surface area contributed by atoms with E-state index in [4.69, 9.17) is 11.6 Å². The molecule has 1 aromatic carbocycles. The van der Waals surface area contributed by atoms with E-state index >= 15 is 0 Å². The third kappa shape index (κ3) is 3.87. The Labute approximate surface area is 151 Å². The molecule has 0 amide bonds. The van der Waals surface area contributed by atoms with Crippen LogP contribution in [-0.2, 0) is 10.0 Å². The van der Waals surface area contributed by atoms with E-state index in [9.17, 15) is 8.42 Å². The van der Waals surface area contributed by atoms with Gasteiger partial charge in [-0.3, -0.25) is 0 Å². The van der Waals surface area contributed by atoms with Crippen LogP contribution in [0, 0.1) is 6.92 Å². The number of aromatic nitrogens is 1. The summed E-state index contributed by atoms with van der Waals surface area (Å²) in [6.07, 6.45) is 1.44. The monoisotopic (exact) mass is 393 g/mol. The molecule has 1 aliphatic rings. The molecule has 1 aliphatic heterocycles. The number of aryl methyl sites for hydroxylation is 1. The molecular formula is C14H17Cl2N3O2S2. The Morgan fingerprint density at radius 1 is 1.43 bits per heavy atom. The van der Waals surface area contributed by atoms with Crippen molar-refractivity contribution < 1.29 is 8.42 Å². The van der Waals surface area contributed by atoms with Crippen LogP contribution in [-0.4, -0.2) is 37.3 Å². The van der Waals surface area contributed by atoms with Gasteiger partial charge in [0.25, 0.3) is 10.0 Å². The van der Waals surface area contributed by atoms with Gasteiger partial charge in [0.05, 0.1) is 17.2 Å². The van der Waals surface area contributed by atoms with E-state index in [0.717, 1.165) is 10.6 Å². The van der Waals surface area contributed by atoms with Crippen molar-refractivity contribution in [1.29, 1.82) is 0 Å². The Kier molecular flexibility index (Phi) is 6.05. The highest BCUT2D eigenvalue weighted by Crippen LogP contribution is 2.31. The second-order valence-electron chi connectivity index (χ2n) is 5.09. The van der Waals surface area contributed by atoms with Gasteiger partial charge in [0.1, 0.15) is 0 Å². The van der Waals surface area contributed by atoms with Crippen molar-refractivity contribution in [3.05, 3.63) is 46.1 Å². The number of nitrogens with one attached hydrogen (secondary N) is 1. The van der Waals surface area contributed by atoms with Crippen molar-refractivity contribution in [1.82, 2.24) is 14.6 Å². The number of nitrogens with zero attached hydrogens (tertiary/aromatic N) is 2. The Bertz CT molecular complexity index is 780. The van der Waals surface area contributed by atoms with E-state index in [-0.39, 0.29) is 18.4 Å². The molecule has 1 unspecified atom stereocenters. The van der Waals surface area contributed by atoms with Crippen LogP contribution >= 0.6 is 35.3 Å². The molecule has 0 spiro atoms. The zero-order valence-electron chi connectivity index (χ0n) is 12.4. The number of hydrogen-bond donors (Lipinski definition) is 1. The molecule has 1 atom stereocenters. The molecule has 23 heavy (non-hydrogen) atoms. The first kappa shape index (κ1) is 18.6. The summed E-state index contributed by atoms with van der Waals surface area (Å²) in [5.41, 5.74) is 0.893. The molecule has 9 heteroatoms. The van der Waals surface area contributed by atoms with Gasteiger partial charge < -0.3 is 5.32 Å². The molecule has 0 radical (unpaired) electrons. The lowest BCUT2D eigenvalue weighted by molar-refractivity contribution is 0.272. The number of piperazine rings is 1. The average molecular weight is 394 g/mol. The number of benzene rings is 1. The number of halogens is 2. The standard InChI is InChI=1S/C14H16ClN3O2S2.ClH/c1-10-17-9-14(21-10)22(19,20)18-6-5-16-8-13(18)11-3-2-4-12(15)7-11;/h2-4,7,9,13,16H,5-6,8H2,1H3;1H. The summed E-state index contributed by atoms with van der Waals surface area (Å²) in [6, 6.07) is 7.09. The van der Waals surface area contributed by atoms with Gasteiger partial charge in [0.15, 0.2) is 4.21 Å². The largest absolute Gasteiger partial charge is 0.313 e. The minimum absolute atomic E-state index is 0. The smallest absolute Gasteiger partial charge is 0.254 e. The first-order valence-corrected chi connectivity index (χ1v) is 9.52. The van der Waals surface area contributed by atoms with Crippen molar-refractivity contribution >= 4 is 45.4 Å². The number of hydrogen-bond acceptors (Lipinski definition) is 5. The number of sulfonamides is 1. The van der Waals surface area contributed by atoms with Crippen molar-refractivity contribution in [3.8, 4) is 0 Å². The fourth-order valence-electron chi connectivity index (χ4n) is 2.55. The van der Waals surface area contributed by atoms with Crippen LogP contribution in [0.1, 0.15) is 16.6 Å². The molecular weight excluding hydrogens is 377 g/mol. The Morgan fingerprint density at radius 2 is 2.22 bits per heavy atom. The van der Waals surface area contributed by atoms with E-state index in [0.29, 0.717) is 28.9 Å². The quantitative estimate of drug-likeness (QED) is 0.870. The summed E-state index contributed by atoms with van der Waals surface area (Å²) in [5.74, 6) is 0. The zero-order valence-corrected chi connectivity index (χ0v) is 15.6. The van der Waals surface area contributed by atoms with Gasteiger partial charge in [0.2, 0.25) is 0 Å². The van der Waals surface area contributed by atoms with Crippen LogP contribution in [0.5, 0.6) is 0 Å². The minimum atomic E-state index is -3.55. The summed E-state index contributed by atoms with van der Waals surface area (Å²) >= 11 is 7.25. The normalized spacial score (nSPS) is 19.3. The van der Waals surface area contributed by atoms with Gasteiger partial charge in [-0.1, -0.05) is 23.7 Å². The van der Waals surface area contributed by atoms with Crippen molar-refractivity contribution in [3.63, 3.8) is 0 Å². The van der Waals surface area contributed by atoms with Crippen LogP contribution in [0.25, 0.3) is 0 Å². The topological polar surface area (TPSA) is 62.3 Å². The van der Waals surface area contributed by atoms with Gasteiger partial charge in [-0.15, -0.1) is 23.7 Å². The Morgan fingerprint density at radius 3 is 2.87 bits per heavy atom. The molecule has 126 valence electrons. The highest BCUT2D eigenvalue weighted by molar-refractivity contribution is 7.91. The van der Waals surface area contributed by atoms with Crippen molar-refractivity contribution in [2.24, 2.45) is 0 Å². The Balaban J connectivity index is 0.00000192. The third-order valence-corrected chi connectivity index (χ3v) is 7.08. The Hall–Kier alpha value is -0.700. The lowest BCUT2D eigenvalue weighted by atomic mass is 10.1. The van der Waals surface area contributed by atoms with Gasteiger partial charge in [0, 0.05) is 24.7 Å². The van der Waals surface area contributed by atoms with Crippen molar-refractivity contribution in [2.45, 2.75) is 17.2 Å². The van der Waals surface area contributed by atoms with E-state index in [1.165, 1.54) is 17.5 Å². The maximum absolute atomic E-state index is 12.9. The summed E-state index contributed by atoms with van der Waals surface area (Å²) < 4.78 is 27.6. The number of rotatable bonds is 3. The summed E-state index contributed by atoms with van der Waals surface area (Å²) in [6.45, 7) is 3.43. The van der Waals surface area contributed by atoms with E-state index < -0.39 is 10.0 Å². The second kappa shape index (κ2) is 7.46. The molecule has 5 nitrogen and oxygen atoms in total. The van der Waals surface area contributed by atoms with Gasteiger partial charge in [-0.2, -0.15) is 4.31 Å². The first-order valence-electron chi connectivity index (χ1n) is 6.89. The van der Waals surface area contributed by atoms with Gasteiger partial charge in [-0.25, -0.2) is 13.4 Å². The molecule has 1 fully saturated rings.